The summed E-state index contributed by atoms with van der Waals surface area (Å²) >= 11 is 0. The highest BCUT2D eigenvalue weighted by Crippen LogP contribution is 2.18. The standard InChI is InChI=1S/C17H19NO2/c1-13(8-9-15-6-4-10-19-15)18-12-16-11-14-5-2-3-7-17(14)20-16/h2-7,10-11,13,18H,8-9,12H2,1H3. The maximum Gasteiger partial charge on any atom is 0.134 e. The predicted octanol–water partition coefficient (Wildman–Crippen LogP) is 4.14. The highest BCUT2D eigenvalue weighted by molar-refractivity contribution is 5.77. The molecule has 0 saturated heterocycles. The molecule has 0 aliphatic carbocycles. The minimum atomic E-state index is 0.424. The number of benzene rings is 1. The molecule has 0 aliphatic heterocycles. The minimum absolute atomic E-state index is 0.424. The second-order valence-corrected chi connectivity index (χ2v) is 5.15. The molecule has 3 nitrogen and oxygen atoms in total. The number of furan rings is 2. The highest BCUT2D eigenvalue weighted by atomic mass is 16.3. The lowest BCUT2D eigenvalue weighted by Crippen LogP contribution is -2.25. The number of para-hydroxylation sites is 1. The Hall–Kier alpha value is -2.00. The molecule has 20 heavy (non-hydrogen) atoms. The fourth-order valence-electron chi connectivity index (χ4n) is 2.31. The molecule has 1 unspecified atom stereocenters. The molecule has 0 bridgehead atoms. The Morgan fingerprint density at radius 1 is 1.10 bits per heavy atom. The predicted molar refractivity (Wildman–Crippen MR) is 79.5 cm³/mol. The maximum absolute atomic E-state index is 5.79. The maximum atomic E-state index is 5.79. The molecule has 2 aromatic heterocycles. The van der Waals surface area contributed by atoms with Crippen LogP contribution in [0.2, 0.25) is 0 Å². The van der Waals surface area contributed by atoms with Gasteiger partial charge in [0.05, 0.1) is 12.8 Å². The van der Waals surface area contributed by atoms with E-state index in [1.54, 1.807) is 6.26 Å². The topological polar surface area (TPSA) is 38.3 Å². The third-order valence-electron chi connectivity index (χ3n) is 3.51. The van der Waals surface area contributed by atoms with E-state index in [2.05, 4.69) is 24.4 Å². The van der Waals surface area contributed by atoms with Gasteiger partial charge in [-0.1, -0.05) is 18.2 Å². The molecule has 0 saturated carbocycles. The van der Waals surface area contributed by atoms with Crippen LogP contribution in [0.5, 0.6) is 0 Å². The lowest BCUT2D eigenvalue weighted by Gasteiger charge is -2.11. The van der Waals surface area contributed by atoms with Gasteiger partial charge in [0.15, 0.2) is 0 Å². The molecule has 3 heteroatoms. The number of fused-ring (bicyclic) bond motifs is 1. The summed E-state index contributed by atoms with van der Waals surface area (Å²) in [6.45, 7) is 2.94. The van der Waals surface area contributed by atoms with Crippen LogP contribution in [0.3, 0.4) is 0 Å². The van der Waals surface area contributed by atoms with Crippen LogP contribution in [-0.2, 0) is 13.0 Å². The van der Waals surface area contributed by atoms with Crippen LogP contribution in [0.25, 0.3) is 11.0 Å². The van der Waals surface area contributed by atoms with Crippen LogP contribution >= 0.6 is 0 Å². The van der Waals surface area contributed by atoms with E-state index < -0.39 is 0 Å². The van der Waals surface area contributed by atoms with Gasteiger partial charge in [-0.2, -0.15) is 0 Å². The van der Waals surface area contributed by atoms with Crippen LogP contribution in [0, 0.1) is 0 Å². The Morgan fingerprint density at radius 3 is 2.80 bits per heavy atom. The first-order chi connectivity index (χ1) is 9.81. The zero-order chi connectivity index (χ0) is 13.8. The van der Waals surface area contributed by atoms with Crippen molar-refractivity contribution in [1.29, 1.82) is 0 Å². The molecule has 1 N–H and O–H groups in total. The van der Waals surface area contributed by atoms with Crippen molar-refractivity contribution in [3.63, 3.8) is 0 Å². The zero-order valence-corrected chi connectivity index (χ0v) is 11.6. The number of hydrogen-bond donors (Lipinski definition) is 1. The second kappa shape index (κ2) is 5.97. The molecule has 0 spiro atoms. The second-order valence-electron chi connectivity index (χ2n) is 5.15. The first-order valence-corrected chi connectivity index (χ1v) is 7.04. The van der Waals surface area contributed by atoms with Crippen molar-refractivity contribution in [3.8, 4) is 0 Å². The van der Waals surface area contributed by atoms with Crippen LogP contribution < -0.4 is 5.32 Å². The summed E-state index contributed by atoms with van der Waals surface area (Å²) in [5.41, 5.74) is 0.951. The average molecular weight is 269 g/mol. The van der Waals surface area contributed by atoms with Crippen molar-refractivity contribution in [2.24, 2.45) is 0 Å². The van der Waals surface area contributed by atoms with Gasteiger partial charge >= 0.3 is 0 Å². The summed E-state index contributed by atoms with van der Waals surface area (Å²) in [5, 5.41) is 4.65. The Labute approximate surface area is 118 Å². The van der Waals surface area contributed by atoms with Crippen molar-refractivity contribution in [2.75, 3.05) is 0 Å². The monoisotopic (exact) mass is 269 g/mol. The summed E-state index contributed by atoms with van der Waals surface area (Å²) in [6, 6.07) is 14.6. The fourth-order valence-corrected chi connectivity index (χ4v) is 2.31. The van der Waals surface area contributed by atoms with Crippen molar-refractivity contribution in [2.45, 2.75) is 32.4 Å². The van der Waals surface area contributed by atoms with E-state index in [1.165, 1.54) is 0 Å². The molecule has 0 radical (unpaired) electrons. The highest BCUT2D eigenvalue weighted by Gasteiger charge is 2.06. The number of aryl methyl sites for hydroxylation is 1. The summed E-state index contributed by atoms with van der Waals surface area (Å²) in [4.78, 5) is 0. The number of hydrogen-bond acceptors (Lipinski definition) is 3. The quantitative estimate of drug-likeness (QED) is 0.731. The summed E-state index contributed by atoms with van der Waals surface area (Å²) in [5.74, 6) is 2.03. The van der Waals surface area contributed by atoms with Crippen molar-refractivity contribution >= 4 is 11.0 Å². The van der Waals surface area contributed by atoms with Crippen molar-refractivity contribution in [1.82, 2.24) is 5.32 Å². The van der Waals surface area contributed by atoms with Gasteiger partial charge in [-0.15, -0.1) is 0 Å². The minimum Gasteiger partial charge on any atom is -0.469 e. The molecule has 2 heterocycles. The normalized spacial score (nSPS) is 12.8. The lowest BCUT2D eigenvalue weighted by atomic mass is 10.1. The van der Waals surface area contributed by atoms with E-state index in [9.17, 15) is 0 Å². The van der Waals surface area contributed by atoms with Crippen LogP contribution in [0.4, 0.5) is 0 Å². The summed E-state index contributed by atoms with van der Waals surface area (Å²) in [7, 11) is 0. The summed E-state index contributed by atoms with van der Waals surface area (Å²) < 4.78 is 11.1. The number of nitrogens with one attached hydrogen (secondary N) is 1. The Balaban J connectivity index is 1.50. The first-order valence-electron chi connectivity index (χ1n) is 7.04. The van der Waals surface area contributed by atoms with Crippen LogP contribution in [-0.4, -0.2) is 6.04 Å². The van der Waals surface area contributed by atoms with Crippen LogP contribution in [0.15, 0.2) is 57.6 Å². The lowest BCUT2D eigenvalue weighted by molar-refractivity contribution is 0.437. The van der Waals surface area contributed by atoms with Gasteiger partial charge in [0.1, 0.15) is 17.1 Å². The Morgan fingerprint density at radius 2 is 2.00 bits per heavy atom. The molecule has 0 amide bonds. The zero-order valence-electron chi connectivity index (χ0n) is 11.6. The van der Waals surface area contributed by atoms with Gasteiger partial charge in [0.25, 0.3) is 0 Å². The third kappa shape index (κ3) is 3.11. The van der Waals surface area contributed by atoms with Crippen molar-refractivity contribution in [3.05, 3.63) is 60.2 Å². The van der Waals surface area contributed by atoms with E-state index in [4.69, 9.17) is 8.83 Å². The van der Waals surface area contributed by atoms with Crippen LogP contribution in [0.1, 0.15) is 24.9 Å². The molecule has 1 atom stereocenters. The Kier molecular flexibility index (Phi) is 3.88. The molecule has 104 valence electrons. The first kappa shape index (κ1) is 13.0. The molecule has 0 fully saturated rings. The largest absolute Gasteiger partial charge is 0.469 e. The van der Waals surface area contributed by atoms with Gasteiger partial charge in [0.2, 0.25) is 0 Å². The molecule has 3 rings (SSSR count). The van der Waals surface area contributed by atoms with E-state index in [1.807, 2.05) is 30.3 Å². The summed E-state index contributed by atoms with van der Waals surface area (Å²) in [6.07, 6.45) is 3.73. The van der Waals surface area contributed by atoms with Crippen molar-refractivity contribution < 1.29 is 8.83 Å². The van der Waals surface area contributed by atoms with E-state index in [0.717, 1.165) is 41.9 Å². The third-order valence-corrected chi connectivity index (χ3v) is 3.51. The molecule has 3 aromatic rings. The van der Waals surface area contributed by atoms with E-state index >= 15 is 0 Å². The van der Waals surface area contributed by atoms with Gasteiger partial charge < -0.3 is 14.2 Å². The van der Waals surface area contributed by atoms with E-state index in [0.29, 0.717) is 6.04 Å². The smallest absolute Gasteiger partial charge is 0.134 e. The fraction of sp³-hybridized carbons (Fsp3) is 0.294. The van der Waals surface area contributed by atoms with Gasteiger partial charge in [-0.3, -0.25) is 0 Å². The number of rotatable bonds is 6. The molecular weight excluding hydrogens is 250 g/mol. The molecule has 1 aromatic carbocycles. The van der Waals surface area contributed by atoms with Gasteiger partial charge in [0, 0.05) is 17.8 Å². The average Bonchev–Trinajstić information content (AvgIpc) is 3.11. The molecule has 0 aliphatic rings. The van der Waals surface area contributed by atoms with Gasteiger partial charge in [-0.05, 0) is 37.6 Å². The SMILES string of the molecule is CC(CCc1ccco1)NCc1cc2ccccc2o1. The molecular formula is C17H19NO2. The Bertz CT molecular complexity index is 622. The van der Waals surface area contributed by atoms with E-state index in [-0.39, 0.29) is 0 Å². The van der Waals surface area contributed by atoms with Gasteiger partial charge in [-0.25, -0.2) is 0 Å².